The van der Waals surface area contributed by atoms with Crippen molar-refractivity contribution in [3.05, 3.63) is 29.8 Å². The van der Waals surface area contributed by atoms with Crippen molar-refractivity contribution in [1.82, 2.24) is 4.31 Å². The van der Waals surface area contributed by atoms with Gasteiger partial charge in [-0.2, -0.15) is 0 Å². The van der Waals surface area contributed by atoms with E-state index in [1.165, 1.54) is 19.1 Å². The number of sulfonamides is 1. The fourth-order valence-corrected chi connectivity index (χ4v) is 3.04. The Labute approximate surface area is 117 Å². The summed E-state index contributed by atoms with van der Waals surface area (Å²) in [6.07, 6.45) is -0.0325. The normalized spacial score (nSPS) is 11.1. The molecule has 1 amide bonds. The van der Waals surface area contributed by atoms with Crippen molar-refractivity contribution < 1.29 is 18.0 Å². The summed E-state index contributed by atoms with van der Waals surface area (Å²) >= 11 is 5.20. The van der Waals surface area contributed by atoms with E-state index in [4.69, 9.17) is 11.6 Å². The summed E-state index contributed by atoms with van der Waals surface area (Å²) in [6.45, 7) is 2.66. The standard InChI is InChI=1S/C12H14ClNO4S/c1-3-12(16)14(8-11(13)15)19(17,18)10-6-4-9(2)5-7-10/h4-7H,3,8H2,1-2H3. The summed E-state index contributed by atoms with van der Waals surface area (Å²) in [6, 6.07) is 6.01. The van der Waals surface area contributed by atoms with E-state index in [-0.39, 0.29) is 11.3 Å². The molecule has 0 aliphatic carbocycles. The highest BCUT2D eigenvalue weighted by Crippen LogP contribution is 2.17. The van der Waals surface area contributed by atoms with Gasteiger partial charge >= 0.3 is 0 Å². The van der Waals surface area contributed by atoms with E-state index in [1.54, 1.807) is 12.1 Å². The predicted octanol–water partition coefficient (Wildman–Crippen LogP) is 1.69. The first-order valence-corrected chi connectivity index (χ1v) is 7.41. The molecule has 0 radical (unpaired) electrons. The second-order valence-corrected chi connectivity index (χ2v) is 6.21. The minimum Gasteiger partial charge on any atom is -0.279 e. The van der Waals surface area contributed by atoms with Crippen molar-refractivity contribution in [2.75, 3.05) is 6.54 Å². The van der Waals surface area contributed by atoms with Gasteiger partial charge in [-0.15, -0.1) is 0 Å². The first-order valence-electron chi connectivity index (χ1n) is 5.59. The maximum Gasteiger partial charge on any atom is 0.266 e. The Bertz CT molecular complexity index is 580. The third-order valence-corrected chi connectivity index (χ3v) is 4.36. The Balaban J connectivity index is 3.22. The molecule has 0 saturated carbocycles. The first-order chi connectivity index (χ1) is 8.78. The molecule has 0 N–H and O–H groups in total. The lowest BCUT2D eigenvalue weighted by Crippen LogP contribution is -2.39. The Kier molecular flexibility index (Phi) is 5.08. The van der Waals surface area contributed by atoms with E-state index >= 15 is 0 Å². The molecule has 0 bridgehead atoms. The summed E-state index contributed by atoms with van der Waals surface area (Å²) in [5, 5.41) is -0.905. The molecule has 0 unspecified atom stereocenters. The monoisotopic (exact) mass is 303 g/mol. The van der Waals surface area contributed by atoms with Crippen LogP contribution in [0.4, 0.5) is 0 Å². The number of carbonyl (C=O) groups excluding carboxylic acids is 2. The Hall–Kier alpha value is -1.40. The Morgan fingerprint density at radius 1 is 1.21 bits per heavy atom. The first kappa shape index (κ1) is 15.7. The molecule has 1 rings (SSSR count). The lowest BCUT2D eigenvalue weighted by molar-refractivity contribution is -0.128. The number of aryl methyl sites for hydroxylation is 1. The smallest absolute Gasteiger partial charge is 0.266 e. The van der Waals surface area contributed by atoms with Gasteiger partial charge in [-0.05, 0) is 30.7 Å². The van der Waals surface area contributed by atoms with Crippen LogP contribution < -0.4 is 0 Å². The van der Waals surface area contributed by atoms with E-state index in [2.05, 4.69) is 0 Å². The fourth-order valence-electron chi connectivity index (χ4n) is 1.43. The van der Waals surface area contributed by atoms with Gasteiger partial charge in [0.15, 0.2) is 0 Å². The van der Waals surface area contributed by atoms with E-state index in [9.17, 15) is 18.0 Å². The molecule has 0 aromatic heterocycles. The average Bonchev–Trinajstić information content (AvgIpc) is 2.35. The van der Waals surface area contributed by atoms with Crippen LogP contribution in [0.15, 0.2) is 29.2 Å². The van der Waals surface area contributed by atoms with Crippen molar-refractivity contribution in [2.45, 2.75) is 25.2 Å². The van der Waals surface area contributed by atoms with Crippen molar-refractivity contribution in [1.29, 1.82) is 0 Å². The molecule has 1 aromatic rings. The van der Waals surface area contributed by atoms with E-state index in [0.717, 1.165) is 5.56 Å². The highest BCUT2D eigenvalue weighted by molar-refractivity contribution is 7.89. The molecule has 104 valence electrons. The Morgan fingerprint density at radius 2 is 1.74 bits per heavy atom. The molecular weight excluding hydrogens is 290 g/mol. The molecule has 1 aromatic carbocycles. The van der Waals surface area contributed by atoms with Crippen molar-refractivity contribution in [3.63, 3.8) is 0 Å². The highest BCUT2D eigenvalue weighted by Gasteiger charge is 2.29. The van der Waals surface area contributed by atoms with Gasteiger partial charge in [0.25, 0.3) is 10.0 Å². The number of carbonyl (C=O) groups is 2. The second-order valence-electron chi connectivity index (χ2n) is 3.93. The molecule has 0 aliphatic rings. The fraction of sp³-hybridized carbons (Fsp3) is 0.333. The quantitative estimate of drug-likeness (QED) is 0.776. The van der Waals surface area contributed by atoms with Crippen molar-refractivity contribution in [2.24, 2.45) is 0 Å². The third kappa shape index (κ3) is 3.78. The van der Waals surface area contributed by atoms with Crippen LogP contribution in [0.2, 0.25) is 0 Å². The van der Waals surface area contributed by atoms with E-state index < -0.39 is 27.7 Å². The lowest BCUT2D eigenvalue weighted by Gasteiger charge is -2.20. The predicted molar refractivity (Wildman–Crippen MR) is 71.2 cm³/mol. The zero-order valence-corrected chi connectivity index (χ0v) is 12.2. The largest absolute Gasteiger partial charge is 0.279 e. The number of amides is 1. The molecule has 0 heterocycles. The number of halogens is 1. The van der Waals surface area contributed by atoms with Gasteiger partial charge in [0.2, 0.25) is 11.1 Å². The van der Waals surface area contributed by atoms with E-state index in [0.29, 0.717) is 4.31 Å². The molecule has 0 spiro atoms. The van der Waals surface area contributed by atoms with Gasteiger partial charge in [-0.25, -0.2) is 12.7 Å². The molecule has 0 saturated heterocycles. The van der Waals surface area contributed by atoms with Crippen LogP contribution in [0, 0.1) is 6.92 Å². The SMILES string of the molecule is CCC(=O)N(CC(=O)Cl)S(=O)(=O)c1ccc(C)cc1. The number of rotatable bonds is 5. The minimum atomic E-state index is -4.05. The molecule has 7 heteroatoms. The van der Waals surface area contributed by atoms with Crippen LogP contribution in [-0.2, 0) is 19.6 Å². The van der Waals surface area contributed by atoms with Crippen LogP contribution in [0.5, 0.6) is 0 Å². The van der Waals surface area contributed by atoms with Gasteiger partial charge < -0.3 is 0 Å². The van der Waals surface area contributed by atoms with Gasteiger partial charge in [-0.3, -0.25) is 9.59 Å². The number of hydrogen-bond donors (Lipinski definition) is 0. The number of hydrogen-bond acceptors (Lipinski definition) is 4. The van der Waals surface area contributed by atoms with Gasteiger partial charge in [-0.1, -0.05) is 24.6 Å². The molecular formula is C12H14ClNO4S. The molecule has 5 nitrogen and oxygen atoms in total. The summed E-state index contributed by atoms with van der Waals surface area (Å²) < 4.78 is 25.1. The highest BCUT2D eigenvalue weighted by atomic mass is 35.5. The van der Waals surface area contributed by atoms with E-state index in [1.807, 2.05) is 6.92 Å². The second kappa shape index (κ2) is 6.16. The molecule has 0 aliphatic heterocycles. The third-order valence-electron chi connectivity index (χ3n) is 2.46. The van der Waals surface area contributed by atoms with Crippen LogP contribution in [0.1, 0.15) is 18.9 Å². The van der Waals surface area contributed by atoms with Crippen molar-refractivity contribution >= 4 is 32.8 Å². The minimum absolute atomic E-state index is 0.0325. The van der Waals surface area contributed by atoms with Crippen LogP contribution in [-0.4, -0.2) is 30.4 Å². The Morgan fingerprint density at radius 3 is 2.16 bits per heavy atom. The van der Waals surface area contributed by atoms with Crippen LogP contribution in [0.3, 0.4) is 0 Å². The molecule has 0 fully saturated rings. The zero-order chi connectivity index (χ0) is 14.6. The topological polar surface area (TPSA) is 71.5 Å². The molecule has 19 heavy (non-hydrogen) atoms. The number of nitrogens with zero attached hydrogens (tertiary/aromatic N) is 1. The lowest BCUT2D eigenvalue weighted by atomic mass is 10.2. The molecule has 0 atom stereocenters. The zero-order valence-electron chi connectivity index (χ0n) is 10.6. The summed E-state index contributed by atoms with van der Waals surface area (Å²) in [5.41, 5.74) is 0.890. The van der Waals surface area contributed by atoms with Gasteiger partial charge in [0.1, 0.15) is 6.54 Å². The van der Waals surface area contributed by atoms with Crippen LogP contribution in [0.25, 0.3) is 0 Å². The number of benzene rings is 1. The van der Waals surface area contributed by atoms with Gasteiger partial charge in [0.05, 0.1) is 4.90 Å². The van der Waals surface area contributed by atoms with Gasteiger partial charge in [0, 0.05) is 6.42 Å². The summed E-state index contributed by atoms with van der Waals surface area (Å²) in [4.78, 5) is 22.5. The maximum absolute atomic E-state index is 12.3. The van der Waals surface area contributed by atoms with Crippen molar-refractivity contribution in [3.8, 4) is 0 Å². The summed E-state index contributed by atoms with van der Waals surface area (Å²) in [7, 11) is -4.05. The summed E-state index contributed by atoms with van der Waals surface area (Å²) in [5.74, 6) is -0.672. The average molecular weight is 304 g/mol. The van der Waals surface area contributed by atoms with Crippen LogP contribution >= 0.6 is 11.6 Å². The maximum atomic E-state index is 12.3.